The summed E-state index contributed by atoms with van der Waals surface area (Å²) in [6.07, 6.45) is 3.38. The normalized spacial score (nSPS) is 10.2. The van der Waals surface area contributed by atoms with E-state index < -0.39 is 5.97 Å². The first-order valence-corrected chi connectivity index (χ1v) is 6.30. The molecule has 20 heavy (non-hydrogen) atoms. The van der Waals surface area contributed by atoms with Crippen LogP contribution in [-0.4, -0.2) is 29.7 Å². The van der Waals surface area contributed by atoms with Gasteiger partial charge in [-0.1, -0.05) is 0 Å². The molecule has 0 amide bonds. The molecule has 0 bridgehead atoms. The van der Waals surface area contributed by atoms with E-state index in [2.05, 4.69) is 9.97 Å². The van der Waals surface area contributed by atoms with E-state index >= 15 is 0 Å². The summed E-state index contributed by atoms with van der Waals surface area (Å²) in [6.45, 7) is 3.87. The summed E-state index contributed by atoms with van der Waals surface area (Å²) in [5, 5.41) is 0. The number of aromatic nitrogens is 2. The fourth-order valence-corrected chi connectivity index (χ4v) is 1.94. The first-order chi connectivity index (χ1) is 9.67. The highest BCUT2D eigenvalue weighted by atomic mass is 16.5. The van der Waals surface area contributed by atoms with Gasteiger partial charge in [0.1, 0.15) is 5.56 Å². The molecule has 0 aliphatic carbocycles. The molecule has 2 heterocycles. The van der Waals surface area contributed by atoms with Crippen LogP contribution in [0.4, 0.5) is 0 Å². The summed E-state index contributed by atoms with van der Waals surface area (Å²) in [6, 6.07) is 5.37. The first-order valence-electron chi connectivity index (χ1n) is 6.30. The van der Waals surface area contributed by atoms with Gasteiger partial charge in [0.25, 0.3) is 0 Å². The lowest BCUT2D eigenvalue weighted by atomic mass is 10.1. The molecule has 0 unspecified atom stereocenters. The number of methoxy groups -OCH3 is 1. The quantitative estimate of drug-likeness (QED) is 0.801. The highest BCUT2D eigenvalue weighted by Crippen LogP contribution is 2.27. The van der Waals surface area contributed by atoms with Gasteiger partial charge in [-0.2, -0.15) is 0 Å². The van der Waals surface area contributed by atoms with E-state index in [4.69, 9.17) is 9.47 Å². The van der Waals surface area contributed by atoms with E-state index in [9.17, 15) is 4.79 Å². The Hall–Kier alpha value is -2.43. The predicted octanol–water partition coefficient (Wildman–Crippen LogP) is 2.64. The van der Waals surface area contributed by atoms with Gasteiger partial charge in [-0.15, -0.1) is 0 Å². The van der Waals surface area contributed by atoms with Crippen molar-refractivity contribution in [3.63, 3.8) is 0 Å². The number of carbonyl (C=O) groups is 1. The maximum atomic E-state index is 12.0. The van der Waals surface area contributed by atoms with Crippen LogP contribution in [0.1, 0.15) is 23.0 Å². The molecule has 0 aliphatic rings. The van der Waals surface area contributed by atoms with Gasteiger partial charge in [0, 0.05) is 18.0 Å². The highest BCUT2D eigenvalue weighted by Gasteiger charge is 2.18. The standard InChI is InChI=1S/C15H16N2O3/c1-4-20-15(18)12-8-13(11-6-5-7-16-9-11)17-10(2)14(12)19-3/h5-9H,4H2,1-3H3. The number of esters is 1. The number of rotatable bonds is 4. The molecular weight excluding hydrogens is 256 g/mol. The lowest BCUT2D eigenvalue weighted by Gasteiger charge is -2.12. The molecule has 5 nitrogen and oxygen atoms in total. The van der Waals surface area contributed by atoms with Crippen molar-refractivity contribution >= 4 is 5.97 Å². The summed E-state index contributed by atoms with van der Waals surface area (Å²) in [5.41, 5.74) is 2.51. The van der Waals surface area contributed by atoms with Gasteiger partial charge in [-0.25, -0.2) is 9.78 Å². The minimum absolute atomic E-state index is 0.311. The minimum Gasteiger partial charge on any atom is -0.494 e. The number of nitrogens with zero attached hydrogens (tertiary/aromatic N) is 2. The lowest BCUT2D eigenvalue weighted by Crippen LogP contribution is -2.09. The second-order valence-electron chi connectivity index (χ2n) is 4.14. The maximum absolute atomic E-state index is 12.0. The van der Waals surface area contributed by atoms with Gasteiger partial charge >= 0.3 is 5.97 Å². The van der Waals surface area contributed by atoms with Crippen LogP contribution in [0.3, 0.4) is 0 Å². The zero-order valence-electron chi connectivity index (χ0n) is 11.7. The Morgan fingerprint density at radius 1 is 1.40 bits per heavy atom. The van der Waals surface area contributed by atoms with Crippen molar-refractivity contribution in [2.75, 3.05) is 13.7 Å². The number of hydrogen-bond donors (Lipinski definition) is 0. The molecule has 0 saturated carbocycles. The van der Waals surface area contributed by atoms with Crippen molar-refractivity contribution in [2.24, 2.45) is 0 Å². The third-order valence-corrected chi connectivity index (χ3v) is 2.80. The fraction of sp³-hybridized carbons (Fsp3) is 0.267. The van der Waals surface area contributed by atoms with Gasteiger partial charge in [-0.3, -0.25) is 4.98 Å². The van der Waals surface area contributed by atoms with Gasteiger partial charge in [-0.05, 0) is 32.0 Å². The molecular formula is C15H16N2O3. The van der Waals surface area contributed by atoms with Crippen LogP contribution >= 0.6 is 0 Å². The largest absolute Gasteiger partial charge is 0.494 e. The smallest absolute Gasteiger partial charge is 0.342 e. The molecule has 2 rings (SSSR count). The van der Waals surface area contributed by atoms with Crippen molar-refractivity contribution in [3.8, 4) is 17.0 Å². The Balaban J connectivity index is 2.54. The van der Waals surface area contributed by atoms with Crippen LogP contribution in [0, 0.1) is 6.92 Å². The highest BCUT2D eigenvalue weighted by molar-refractivity contribution is 5.94. The second-order valence-corrected chi connectivity index (χ2v) is 4.14. The van der Waals surface area contributed by atoms with Crippen LogP contribution in [-0.2, 0) is 4.74 Å². The molecule has 0 radical (unpaired) electrons. The second kappa shape index (κ2) is 6.14. The van der Waals surface area contributed by atoms with Crippen LogP contribution < -0.4 is 4.74 Å². The molecule has 104 valence electrons. The first kappa shape index (κ1) is 14.0. The molecule has 2 aromatic heterocycles. The Kier molecular flexibility index (Phi) is 4.30. The van der Waals surface area contributed by atoms with E-state index in [1.807, 2.05) is 12.1 Å². The average Bonchev–Trinajstić information content (AvgIpc) is 2.47. The Bertz CT molecular complexity index is 612. The number of pyridine rings is 2. The van der Waals surface area contributed by atoms with Gasteiger partial charge < -0.3 is 9.47 Å². The third-order valence-electron chi connectivity index (χ3n) is 2.80. The molecule has 0 atom stereocenters. The predicted molar refractivity (Wildman–Crippen MR) is 74.7 cm³/mol. The molecule has 0 spiro atoms. The summed E-state index contributed by atoms with van der Waals surface area (Å²) >= 11 is 0. The van der Waals surface area contributed by atoms with Crippen molar-refractivity contribution in [1.82, 2.24) is 9.97 Å². The number of hydrogen-bond acceptors (Lipinski definition) is 5. The third kappa shape index (κ3) is 2.77. The zero-order valence-corrected chi connectivity index (χ0v) is 11.7. The van der Waals surface area contributed by atoms with Crippen molar-refractivity contribution in [3.05, 3.63) is 41.9 Å². The van der Waals surface area contributed by atoms with Gasteiger partial charge in [0.2, 0.25) is 0 Å². The Morgan fingerprint density at radius 2 is 2.20 bits per heavy atom. The van der Waals surface area contributed by atoms with E-state index in [1.54, 1.807) is 32.3 Å². The number of carbonyl (C=O) groups excluding carboxylic acids is 1. The van der Waals surface area contributed by atoms with E-state index in [1.165, 1.54) is 7.11 Å². The minimum atomic E-state index is -0.417. The average molecular weight is 272 g/mol. The molecule has 0 N–H and O–H groups in total. The number of ether oxygens (including phenoxy) is 2. The topological polar surface area (TPSA) is 61.3 Å². The molecule has 0 aliphatic heterocycles. The summed E-state index contributed by atoms with van der Waals surface area (Å²) in [4.78, 5) is 20.5. The fourth-order valence-electron chi connectivity index (χ4n) is 1.94. The van der Waals surface area contributed by atoms with Crippen LogP contribution in [0.15, 0.2) is 30.6 Å². The SMILES string of the molecule is CCOC(=O)c1cc(-c2cccnc2)nc(C)c1OC. The van der Waals surface area contributed by atoms with Gasteiger partial charge in [0.05, 0.1) is 25.1 Å². The van der Waals surface area contributed by atoms with Crippen LogP contribution in [0.2, 0.25) is 0 Å². The monoisotopic (exact) mass is 272 g/mol. The van der Waals surface area contributed by atoms with Crippen molar-refractivity contribution in [2.45, 2.75) is 13.8 Å². The van der Waals surface area contributed by atoms with E-state index in [0.717, 1.165) is 5.56 Å². The Morgan fingerprint density at radius 3 is 2.80 bits per heavy atom. The van der Waals surface area contributed by atoms with Crippen LogP contribution in [0.25, 0.3) is 11.3 Å². The summed E-state index contributed by atoms with van der Waals surface area (Å²) in [7, 11) is 1.51. The van der Waals surface area contributed by atoms with E-state index in [0.29, 0.717) is 29.3 Å². The lowest BCUT2D eigenvalue weighted by molar-refractivity contribution is 0.0522. The molecule has 2 aromatic rings. The molecule has 0 fully saturated rings. The van der Waals surface area contributed by atoms with Crippen molar-refractivity contribution in [1.29, 1.82) is 0 Å². The number of aryl methyl sites for hydroxylation is 1. The molecule has 5 heteroatoms. The summed E-state index contributed by atoms with van der Waals surface area (Å²) < 4.78 is 10.3. The maximum Gasteiger partial charge on any atom is 0.342 e. The zero-order chi connectivity index (χ0) is 14.5. The Labute approximate surface area is 117 Å². The van der Waals surface area contributed by atoms with Crippen LogP contribution in [0.5, 0.6) is 5.75 Å². The molecule has 0 aromatic carbocycles. The van der Waals surface area contributed by atoms with Crippen molar-refractivity contribution < 1.29 is 14.3 Å². The van der Waals surface area contributed by atoms with E-state index in [-0.39, 0.29) is 0 Å². The van der Waals surface area contributed by atoms with Gasteiger partial charge in [0.15, 0.2) is 5.75 Å². The summed E-state index contributed by atoms with van der Waals surface area (Å²) in [5.74, 6) is 0.0241. The molecule has 0 saturated heterocycles.